The van der Waals surface area contributed by atoms with Crippen LogP contribution in [0.3, 0.4) is 0 Å². The molecule has 2 aliphatic heterocycles. The number of ether oxygens (including phenoxy) is 1. The standard InChI is InChI=1S/C24H18N4O4/c1-13-18(11-25)16(21-19(27-13)12-31-24(21)30)9-15-10-17-20(32-15)7-8-26-22(17)28-23(29)14-5-3-2-4-6-14/h2-8,10,16,27H,9,12H2,1H3,(H,26,28,29). The first-order chi connectivity index (χ1) is 15.5. The summed E-state index contributed by atoms with van der Waals surface area (Å²) in [6, 6.07) is 14.6. The van der Waals surface area contributed by atoms with Gasteiger partial charge < -0.3 is 19.8 Å². The zero-order chi connectivity index (χ0) is 22.2. The van der Waals surface area contributed by atoms with Crippen molar-refractivity contribution in [3.63, 3.8) is 0 Å². The van der Waals surface area contributed by atoms with Crippen LogP contribution in [0.5, 0.6) is 0 Å². The largest absolute Gasteiger partial charge is 0.461 e. The number of allylic oxidation sites excluding steroid dienone is 2. The second kappa shape index (κ2) is 7.71. The van der Waals surface area contributed by atoms with Crippen LogP contribution >= 0.6 is 0 Å². The lowest BCUT2D eigenvalue weighted by atomic mass is 9.83. The van der Waals surface area contributed by atoms with Gasteiger partial charge >= 0.3 is 5.97 Å². The minimum atomic E-state index is -0.470. The Bertz CT molecular complexity index is 1360. The summed E-state index contributed by atoms with van der Waals surface area (Å²) < 4.78 is 11.2. The maximum atomic E-state index is 12.6. The molecule has 2 N–H and O–H groups in total. The molecule has 2 aromatic heterocycles. The van der Waals surface area contributed by atoms with Crippen molar-refractivity contribution in [3.05, 3.63) is 82.5 Å². The molecule has 0 aliphatic carbocycles. The van der Waals surface area contributed by atoms with Crippen LogP contribution in [0, 0.1) is 17.2 Å². The van der Waals surface area contributed by atoms with Crippen LogP contribution in [-0.4, -0.2) is 23.5 Å². The van der Waals surface area contributed by atoms with Crippen molar-refractivity contribution in [1.29, 1.82) is 5.26 Å². The molecule has 5 rings (SSSR count). The van der Waals surface area contributed by atoms with E-state index in [1.54, 1.807) is 49.5 Å². The summed E-state index contributed by atoms with van der Waals surface area (Å²) in [5.74, 6) is -0.222. The van der Waals surface area contributed by atoms with Crippen molar-refractivity contribution in [2.75, 3.05) is 11.9 Å². The van der Waals surface area contributed by atoms with Gasteiger partial charge in [-0.1, -0.05) is 18.2 Å². The van der Waals surface area contributed by atoms with E-state index < -0.39 is 11.9 Å². The van der Waals surface area contributed by atoms with E-state index in [2.05, 4.69) is 21.7 Å². The number of dihydropyridines is 1. The van der Waals surface area contributed by atoms with Crippen LogP contribution in [0.15, 0.2) is 75.6 Å². The summed E-state index contributed by atoms with van der Waals surface area (Å²) >= 11 is 0. The number of esters is 1. The highest BCUT2D eigenvalue weighted by Crippen LogP contribution is 2.37. The van der Waals surface area contributed by atoms with E-state index in [0.29, 0.717) is 57.1 Å². The van der Waals surface area contributed by atoms with Gasteiger partial charge in [0.25, 0.3) is 5.91 Å². The highest BCUT2D eigenvalue weighted by molar-refractivity contribution is 6.07. The maximum Gasteiger partial charge on any atom is 0.336 e. The Kier molecular flexibility index (Phi) is 4.71. The van der Waals surface area contributed by atoms with E-state index in [9.17, 15) is 14.9 Å². The number of aromatic nitrogens is 1. The van der Waals surface area contributed by atoms with Gasteiger partial charge in [-0.3, -0.25) is 4.79 Å². The number of nitrogens with zero attached hydrogens (tertiary/aromatic N) is 2. The molecule has 0 radical (unpaired) electrons. The Morgan fingerprint density at radius 2 is 2.12 bits per heavy atom. The predicted octanol–water partition coefficient (Wildman–Crippen LogP) is 3.45. The van der Waals surface area contributed by atoms with Crippen molar-refractivity contribution in [3.8, 4) is 6.07 Å². The fourth-order valence-corrected chi connectivity index (χ4v) is 4.12. The van der Waals surface area contributed by atoms with Crippen molar-refractivity contribution >= 4 is 28.7 Å². The number of furan rings is 1. The number of pyridine rings is 1. The average molecular weight is 426 g/mol. The Labute approximate surface area is 183 Å². The summed E-state index contributed by atoms with van der Waals surface area (Å²) in [7, 11) is 0. The van der Waals surface area contributed by atoms with Gasteiger partial charge in [-0.2, -0.15) is 5.26 Å². The van der Waals surface area contributed by atoms with Crippen molar-refractivity contribution in [2.45, 2.75) is 13.3 Å². The number of fused-ring (bicyclic) bond motifs is 1. The minimum absolute atomic E-state index is 0.167. The molecule has 3 aromatic rings. The highest BCUT2D eigenvalue weighted by atomic mass is 16.5. The summed E-state index contributed by atoms with van der Waals surface area (Å²) in [6.07, 6.45) is 1.86. The second-order valence-electron chi connectivity index (χ2n) is 7.60. The van der Waals surface area contributed by atoms with E-state index in [1.807, 2.05) is 6.07 Å². The van der Waals surface area contributed by atoms with Crippen LogP contribution in [-0.2, 0) is 16.0 Å². The molecule has 1 unspecified atom stereocenters. The number of nitrogens with one attached hydrogen (secondary N) is 2. The van der Waals surface area contributed by atoms with Crippen LogP contribution < -0.4 is 10.6 Å². The Morgan fingerprint density at radius 3 is 2.91 bits per heavy atom. The molecule has 1 atom stereocenters. The number of amides is 1. The van der Waals surface area contributed by atoms with Crippen LogP contribution in [0.2, 0.25) is 0 Å². The first kappa shape index (κ1) is 19.6. The van der Waals surface area contributed by atoms with E-state index in [0.717, 1.165) is 0 Å². The molecule has 1 amide bonds. The third kappa shape index (κ3) is 3.30. The van der Waals surface area contributed by atoms with Crippen molar-refractivity contribution in [1.82, 2.24) is 10.3 Å². The topological polar surface area (TPSA) is 117 Å². The van der Waals surface area contributed by atoms with E-state index in [4.69, 9.17) is 9.15 Å². The number of hydrogen-bond acceptors (Lipinski definition) is 7. The summed E-state index contributed by atoms with van der Waals surface area (Å²) in [6.45, 7) is 1.97. The zero-order valence-electron chi connectivity index (χ0n) is 17.1. The molecule has 4 heterocycles. The molecule has 8 nitrogen and oxygen atoms in total. The molecule has 32 heavy (non-hydrogen) atoms. The lowest BCUT2D eigenvalue weighted by Crippen LogP contribution is -2.27. The predicted molar refractivity (Wildman–Crippen MR) is 115 cm³/mol. The molecule has 0 bridgehead atoms. The van der Waals surface area contributed by atoms with Crippen molar-refractivity contribution in [2.24, 2.45) is 5.92 Å². The smallest absolute Gasteiger partial charge is 0.336 e. The van der Waals surface area contributed by atoms with Gasteiger partial charge in [0.2, 0.25) is 0 Å². The van der Waals surface area contributed by atoms with Gasteiger partial charge in [0, 0.05) is 29.8 Å². The van der Waals surface area contributed by atoms with Gasteiger partial charge in [0.1, 0.15) is 23.8 Å². The Morgan fingerprint density at radius 1 is 1.31 bits per heavy atom. The number of nitriles is 1. The summed E-state index contributed by atoms with van der Waals surface area (Å²) in [5, 5.41) is 16.3. The highest BCUT2D eigenvalue weighted by Gasteiger charge is 2.38. The van der Waals surface area contributed by atoms with Crippen LogP contribution in [0.4, 0.5) is 5.82 Å². The van der Waals surface area contributed by atoms with Crippen LogP contribution in [0.1, 0.15) is 23.0 Å². The van der Waals surface area contributed by atoms with E-state index in [-0.39, 0.29) is 12.5 Å². The number of anilines is 1. The quantitative estimate of drug-likeness (QED) is 0.614. The molecular weight excluding hydrogens is 408 g/mol. The second-order valence-corrected chi connectivity index (χ2v) is 7.60. The first-order valence-corrected chi connectivity index (χ1v) is 10.1. The molecule has 2 aliphatic rings. The molecule has 0 saturated heterocycles. The van der Waals surface area contributed by atoms with E-state index >= 15 is 0 Å². The fourth-order valence-electron chi connectivity index (χ4n) is 4.12. The average Bonchev–Trinajstić information content (AvgIpc) is 3.38. The van der Waals surface area contributed by atoms with Gasteiger partial charge in [0.15, 0.2) is 0 Å². The van der Waals surface area contributed by atoms with Gasteiger partial charge in [-0.25, -0.2) is 9.78 Å². The van der Waals surface area contributed by atoms with Crippen LogP contribution in [0.25, 0.3) is 11.0 Å². The summed E-state index contributed by atoms with van der Waals surface area (Å²) in [4.78, 5) is 29.2. The normalized spacial score (nSPS) is 17.6. The number of cyclic esters (lactones) is 1. The third-order valence-corrected chi connectivity index (χ3v) is 5.62. The Hall–Kier alpha value is -4.38. The number of carbonyl (C=O) groups is 2. The van der Waals surface area contributed by atoms with Gasteiger partial charge in [-0.15, -0.1) is 0 Å². The number of carbonyl (C=O) groups excluding carboxylic acids is 2. The van der Waals surface area contributed by atoms with Gasteiger partial charge in [0.05, 0.1) is 28.3 Å². The minimum Gasteiger partial charge on any atom is -0.461 e. The monoisotopic (exact) mass is 426 g/mol. The molecule has 0 saturated carbocycles. The van der Waals surface area contributed by atoms with Gasteiger partial charge in [-0.05, 0) is 31.2 Å². The number of benzene rings is 1. The Balaban J connectivity index is 1.47. The third-order valence-electron chi connectivity index (χ3n) is 5.62. The SMILES string of the molecule is CC1=C(C#N)C(Cc2cc3c(NC(=O)c4ccccc4)nccc3o2)C2=C(COC2=O)N1. The molecule has 8 heteroatoms. The first-order valence-electron chi connectivity index (χ1n) is 10.1. The summed E-state index contributed by atoms with van der Waals surface area (Å²) in [5.41, 5.74) is 3.38. The fraction of sp³-hybridized carbons (Fsp3) is 0.167. The molecule has 0 spiro atoms. The molecule has 158 valence electrons. The molecular formula is C24H18N4O4. The number of hydrogen-bond donors (Lipinski definition) is 2. The maximum absolute atomic E-state index is 12.6. The lowest BCUT2D eigenvalue weighted by Gasteiger charge is -2.23. The molecule has 0 fully saturated rings. The van der Waals surface area contributed by atoms with E-state index in [1.165, 1.54) is 0 Å². The van der Waals surface area contributed by atoms with Crippen molar-refractivity contribution < 1.29 is 18.7 Å². The lowest BCUT2D eigenvalue weighted by molar-refractivity contribution is -0.136. The molecule has 1 aromatic carbocycles. The number of rotatable bonds is 4. The zero-order valence-corrected chi connectivity index (χ0v) is 17.1.